The van der Waals surface area contributed by atoms with Gasteiger partial charge in [-0.2, -0.15) is 0 Å². The number of H-pyrrole nitrogens is 1. The Morgan fingerprint density at radius 1 is 1.06 bits per heavy atom. The fraction of sp³-hybridized carbons (Fsp3) is 0.0714. The summed E-state index contributed by atoms with van der Waals surface area (Å²) in [6.45, 7) is 0.475. The van der Waals surface area contributed by atoms with E-state index >= 15 is 0 Å². The van der Waals surface area contributed by atoms with E-state index in [1.165, 1.54) is 0 Å². The number of fused-ring (bicyclic) bond motifs is 1. The van der Waals surface area contributed by atoms with Crippen LogP contribution in [0, 0.1) is 0 Å². The van der Waals surface area contributed by atoms with E-state index in [-0.39, 0.29) is 5.69 Å². The van der Waals surface area contributed by atoms with Crippen LogP contribution in [0.2, 0.25) is 5.02 Å². The third kappa shape index (κ3) is 1.83. The zero-order valence-corrected chi connectivity index (χ0v) is 10.3. The van der Waals surface area contributed by atoms with Gasteiger partial charge in [0.25, 0.3) is 0 Å². The predicted octanol–water partition coefficient (Wildman–Crippen LogP) is 3.03. The molecule has 2 aromatic carbocycles. The fourth-order valence-corrected chi connectivity index (χ4v) is 2.26. The van der Waals surface area contributed by atoms with Crippen molar-refractivity contribution in [2.45, 2.75) is 6.54 Å². The van der Waals surface area contributed by atoms with Crippen LogP contribution in [-0.4, -0.2) is 9.55 Å². The van der Waals surface area contributed by atoms with Crippen LogP contribution in [0.1, 0.15) is 5.56 Å². The molecule has 0 spiro atoms. The number of para-hydroxylation sites is 2. The lowest BCUT2D eigenvalue weighted by atomic mass is 10.2. The van der Waals surface area contributed by atoms with Crippen molar-refractivity contribution < 1.29 is 0 Å². The van der Waals surface area contributed by atoms with Crippen LogP contribution in [0.15, 0.2) is 53.3 Å². The lowest BCUT2D eigenvalue weighted by molar-refractivity contribution is 0.787. The van der Waals surface area contributed by atoms with Crippen LogP contribution in [0.25, 0.3) is 11.0 Å². The molecule has 90 valence electrons. The summed E-state index contributed by atoms with van der Waals surface area (Å²) in [4.78, 5) is 14.7. The summed E-state index contributed by atoms with van der Waals surface area (Å²) in [5.74, 6) is 0. The van der Waals surface area contributed by atoms with Crippen molar-refractivity contribution in [3.05, 3.63) is 69.6 Å². The largest absolute Gasteiger partial charge is 0.326 e. The van der Waals surface area contributed by atoms with Crippen molar-refractivity contribution in [1.82, 2.24) is 9.55 Å². The van der Waals surface area contributed by atoms with Crippen molar-refractivity contribution in [2.24, 2.45) is 0 Å². The summed E-state index contributed by atoms with van der Waals surface area (Å²) < 4.78 is 1.69. The second-order valence-corrected chi connectivity index (χ2v) is 4.53. The molecule has 3 nitrogen and oxygen atoms in total. The predicted molar refractivity (Wildman–Crippen MR) is 73.1 cm³/mol. The summed E-state index contributed by atoms with van der Waals surface area (Å²) in [5.41, 5.74) is 2.55. The molecule has 0 amide bonds. The number of benzene rings is 2. The maximum atomic E-state index is 11.9. The first-order valence-corrected chi connectivity index (χ1v) is 6.04. The van der Waals surface area contributed by atoms with Gasteiger partial charge >= 0.3 is 5.69 Å². The number of nitrogens with zero attached hydrogens (tertiary/aromatic N) is 1. The quantitative estimate of drug-likeness (QED) is 0.754. The number of nitrogens with one attached hydrogen (secondary N) is 1. The van der Waals surface area contributed by atoms with Crippen LogP contribution < -0.4 is 5.69 Å². The summed E-state index contributed by atoms with van der Waals surface area (Å²) >= 11 is 6.12. The Labute approximate surface area is 109 Å². The normalized spacial score (nSPS) is 10.9. The van der Waals surface area contributed by atoms with E-state index in [1.54, 1.807) is 4.57 Å². The number of rotatable bonds is 2. The van der Waals surface area contributed by atoms with E-state index < -0.39 is 0 Å². The minimum absolute atomic E-state index is 0.115. The van der Waals surface area contributed by atoms with Gasteiger partial charge in [-0.25, -0.2) is 4.79 Å². The van der Waals surface area contributed by atoms with Crippen LogP contribution in [-0.2, 0) is 6.54 Å². The molecule has 0 aliphatic rings. The molecule has 1 N–H and O–H groups in total. The third-order valence-electron chi connectivity index (χ3n) is 2.97. The topological polar surface area (TPSA) is 37.8 Å². The summed E-state index contributed by atoms with van der Waals surface area (Å²) in [5, 5.41) is 0.676. The summed E-state index contributed by atoms with van der Waals surface area (Å²) in [6.07, 6.45) is 0. The average Bonchev–Trinajstić information content (AvgIpc) is 2.69. The number of aromatic nitrogens is 2. The molecule has 4 heteroatoms. The van der Waals surface area contributed by atoms with Gasteiger partial charge in [0.05, 0.1) is 17.6 Å². The maximum absolute atomic E-state index is 11.9. The first-order valence-electron chi connectivity index (χ1n) is 5.66. The highest BCUT2D eigenvalue weighted by Crippen LogP contribution is 2.17. The molecule has 0 saturated heterocycles. The molecule has 0 aliphatic carbocycles. The highest BCUT2D eigenvalue weighted by molar-refractivity contribution is 6.31. The average molecular weight is 259 g/mol. The molecule has 0 fully saturated rings. The van der Waals surface area contributed by atoms with Crippen molar-refractivity contribution in [2.75, 3.05) is 0 Å². The molecule has 3 rings (SSSR count). The molecule has 0 atom stereocenters. The first kappa shape index (κ1) is 11.1. The van der Waals surface area contributed by atoms with Crippen molar-refractivity contribution in [1.29, 1.82) is 0 Å². The SMILES string of the molecule is O=c1[nH]c2ccccc2n1Cc1ccccc1Cl. The van der Waals surface area contributed by atoms with Gasteiger partial charge in [-0.3, -0.25) is 4.57 Å². The van der Waals surface area contributed by atoms with Crippen molar-refractivity contribution in [3.8, 4) is 0 Å². The zero-order valence-electron chi connectivity index (χ0n) is 9.56. The van der Waals surface area contributed by atoms with E-state index in [9.17, 15) is 4.79 Å². The van der Waals surface area contributed by atoms with Gasteiger partial charge in [-0.05, 0) is 23.8 Å². The Kier molecular flexibility index (Phi) is 2.68. The fourth-order valence-electron chi connectivity index (χ4n) is 2.06. The first-order chi connectivity index (χ1) is 8.75. The number of hydrogen-bond acceptors (Lipinski definition) is 1. The Hall–Kier alpha value is -2.00. The minimum atomic E-state index is -0.115. The number of imidazole rings is 1. The number of hydrogen-bond donors (Lipinski definition) is 1. The van der Waals surface area contributed by atoms with E-state index in [2.05, 4.69) is 4.98 Å². The van der Waals surface area contributed by atoms with Gasteiger partial charge in [-0.15, -0.1) is 0 Å². The maximum Gasteiger partial charge on any atom is 0.326 e. The minimum Gasteiger partial charge on any atom is -0.306 e. The van der Waals surface area contributed by atoms with E-state index in [4.69, 9.17) is 11.6 Å². The van der Waals surface area contributed by atoms with Gasteiger partial charge in [0.2, 0.25) is 0 Å². The van der Waals surface area contributed by atoms with Gasteiger partial charge in [0.15, 0.2) is 0 Å². The Balaban J connectivity index is 2.13. The molecule has 0 aliphatic heterocycles. The van der Waals surface area contributed by atoms with Gasteiger partial charge in [-0.1, -0.05) is 41.9 Å². The van der Waals surface area contributed by atoms with E-state index in [0.29, 0.717) is 11.6 Å². The van der Waals surface area contributed by atoms with Crippen LogP contribution in [0.3, 0.4) is 0 Å². The summed E-state index contributed by atoms with van der Waals surface area (Å²) in [6, 6.07) is 15.2. The van der Waals surface area contributed by atoms with Crippen molar-refractivity contribution in [3.63, 3.8) is 0 Å². The molecule has 0 bridgehead atoms. The smallest absolute Gasteiger partial charge is 0.306 e. The van der Waals surface area contributed by atoms with Crippen LogP contribution in [0.5, 0.6) is 0 Å². The van der Waals surface area contributed by atoms with Gasteiger partial charge < -0.3 is 4.98 Å². The lowest BCUT2D eigenvalue weighted by Crippen LogP contribution is -2.17. The Morgan fingerprint density at radius 3 is 2.61 bits per heavy atom. The second kappa shape index (κ2) is 4.35. The molecule has 0 radical (unpaired) electrons. The third-order valence-corrected chi connectivity index (χ3v) is 3.34. The van der Waals surface area contributed by atoms with E-state index in [0.717, 1.165) is 16.6 Å². The Morgan fingerprint density at radius 2 is 1.78 bits per heavy atom. The van der Waals surface area contributed by atoms with Gasteiger partial charge in [0.1, 0.15) is 0 Å². The van der Waals surface area contributed by atoms with Crippen LogP contribution >= 0.6 is 11.6 Å². The zero-order chi connectivity index (χ0) is 12.5. The Bertz CT molecular complexity index is 758. The van der Waals surface area contributed by atoms with Crippen molar-refractivity contribution >= 4 is 22.6 Å². The van der Waals surface area contributed by atoms with Gasteiger partial charge in [0, 0.05) is 5.02 Å². The molecule has 18 heavy (non-hydrogen) atoms. The molecule has 0 saturated carbocycles. The second-order valence-electron chi connectivity index (χ2n) is 4.12. The molecular weight excluding hydrogens is 248 g/mol. The standard InChI is InChI=1S/C14H11ClN2O/c15-11-6-2-1-5-10(11)9-17-13-8-4-3-7-12(13)16-14(17)18/h1-8H,9H2,(H,16,18). The molecule has 0 unspecified atom stereocenters. The number of aromatic amines is 1. The molecular formula is C14H11ClN2O. The lowest BCUT2D eigenvalue weighted by Gasteiger charge is -2.05. The number of halogens is 1. The monoisotopic (exact) mass is 258 g/mol. The van der Waals surface area contributed by atoms with Crippen LogP contribution in [0.4, 0.5) is 0 Å². The molecule has 1 heterocycles. The molecule has 1 aromatic heterocycles. The van der Waals surface area contributed by atoms with E-state index in [1.807, 2.05) is 48.5 Å². The summed E-state index contributed by atoms with van der Waals surface area (Å²) in [7, 11) is 0. The molecule has 3 aromatic rings. The highest BCUT2D eigenvalue weighted by Gasteiger charge is 2.07. The highest BCUT2D eigenvalue weighted by atomic mass is 35.5.